The van der Waals surface area contributed by atoms with Crippen LogP contribution in [0.15, 0.2) is 22.8 Å². The highest BCUT2D eigenvalue weighted by atomic mass is 79.9. The van der Waals surface area contributed by atoms with Crippen LogP contribution in [0, 0.1) is 5.82 Å². The Morgan fingerprint density at radius 2 is 2.28 bits per heavy atom. The van der Waals surface area contributed by atoms with Crippen molar-refractivity contribution >= 4 is 15.9 Å². The van der Waals surface area contributed by atoms with Crippen LogP contribution in [-0.4, -0.2) is 28.8 Å². The number of aromatic amines is 1. The van der Waals surface area contributed by atoms with Crippen LogP contribution in [0.4, 0.5) is 4.39 Å². The summed E-state index contributed by atoms with van der Waals surface area (Å²) in [6.45, 7) is -0.000318. The van der Waals surface area contributed by atoms with Gasteiger partial charge in [0.1, 0.15) is 27.7 Å². The number of rotatable bonds is 4. The number of halogens is 2. The van der Waals surface area contributed by atoms with Crippen LogP contribution in [-0.2, 0) is 6.42 Å². The van der Waals surface area contributed by atoms with E-state index in [9.17, 15) is 4.39 Å². The molecule has 1 aromatic heterocycles. The quantitative estimate of drug-likeness (QED) is 0.911. The van der Waals surface area contributed by atoms with Crippen molar-refractivity contribution in [3.63, 3.8) is 0 Å². The van der Waals surface area contributed by atoms with Gasteiger partial charge in [-0.1, -0.05) is 0 Å². The number of ether oxygens (including phenoxy) is 1. The first-order valence-electron chi connectivity index (χ1n) is 5.35. The van der Waals surface area contributed by atoms with Gasteiger partial charge in [-0.15, -0.1) is 0 Å². The molecule has 0 radical (unpaired) electrons. The Kier molecular flexibility index (Phi) is 3.98. The lowest BCUT2D eigenvalue weighted by atomic mass is 10.1. The Bertz CT molecular complexity index is 557. The van der Waals surface area contributed by atoms with Crippen molar-refractivity contribution in [1.82, 2.24) is 9.97 Å². The lowest BCUT2D eigenvalue weighted by molar-refractivity contribution is 0.297. The molecule has 1 heterocycles. The predicted molar refractivity (Wildman–Crippen MR) is 69.0 cm³/mol. The molecule has 0 aliphatic heterocycles. The molecule has 0 saturated heterocycles. The Balaban J connectivity index is 2.50. The normalized spacial score (nSPS) is 10.7. The number of H-pyrrole nitrogens is 1. The van der Waals surface area contributed by atoms with Gasteiger partial charge in [0.15, 0.2) is 0 Å². The molecule has 0 bridgehead atoms. The van der Waals surface area contributed by atoms with Crippen LogP contribution in [0.2, 0.25) is 0 Å². The number of hydrogen-bond donors (Lipinski definition) is 2. The number of aromatic nitrogens is 2. The molecule has 0 amide bonds. The van der Waals surface area contributed by atoms with E-state index in [1.54, 1.807) is 6.07 Å². The van der Waals surface area contributed by atoms with E-state index in [2.05, 4.69) is 25.9 Å². The first-order chi connectivity index (χ1) is 8.65. The topological polar surface area (TPSA) is 58.1 Å². The number of aliphatic hydroxyl groups is 1. The highest BCUT2D eigenvalue weighted by molar-refractivity contribution is 9.10. The smallest absolute Gasteiger partial charge is 0.128 e. The molecule has 0 saturated carbocycles. The molecule has 2 N–H and O–H groups in total. The third-order valence-electron chi connectivity index (χ3n) is 2.47. The fraction of sp³-hybridized carbons (Fsp3) is 0.250. The first-order valence-corrected chi connectivity index (χ1v) is 6.14. The molecule has 0 atom stereocenters. The summed E-state index contributed by atoms with van der Waals surface area (Å²) in [5.41, 5.74) is 1.12. The summed E-state index contributed by atoms with van der Waals surface area (Å²) in [7, 11) is 1.52. The largest absolute Gasteiger partial charge is 0.496 e. The molecule has 0 unspecified atom stereocenters. The van der Waals surface area contributed by atoms with Crippen LogP contribution in [0.3, 0.4) is 0 Å². The molecule has 0 spiro atoms. The van der Waals surface area contributed by atoms with Crippen LogP contribution in [0.5, 0.6) is 5.75 Å². The molecule has 18 heavy (non-hydrogen) atoms. The second-order valence-corrected chi connectivity index (χ2v) is 4.46. The monoisotopic (exact) mass is 314 g/mol. The van der Waals surface area contributed by atoms with E-state index in [4.69, 9.17) is 9.84 Å². The fourth-order valence-electron chi connectivity index (χ4n) is 1.67. The maximum Gasteiger partial charge on any atom is 0.128 e. The highest BCUT2D eigenvalue weighted by Crippen LogP contribution is 2.33. The Labute approximate surface area is 112 Å². The summed E-state index contributed by atoms with van der Waals surface area (Å²) in [6.07, 6.45) is 0.413. The molecule has 2 aromatic rings. The van der Waals surface area contributed by atoms with Crippen molar-refractivity contribution in [2.24, 2.45) is 0 Å². The number of nitrogens with one attached hydrogen (secondary N) is 1. The van der Waals surface area contributed by atoms with Crippen molar-refractivity contribution in [1.29, 1.82) is 0 Å². The maximum absolute atomic E-state index is 13.3. The minimum atomic E-state index is -0.357. The van der Waals surface area contributed by atoms with Gasteiger partial charge >= 0.3 is 0 Å². The zero-order valence-electron chi connectivity index (χ0n) is 9.70. The number of hydrogen-bond acceptors (Lipinski definition) is 3. The lowest BCUT2D eigenvalue weighted by Crippen LogP contribution is -1.93. The van der Waals surface area contributed by atoms with Crippen LogP contribution < -0.4 is 4.74 Å². The zero-order valence-corrected chi connectivity index (χ0v) is 11.3. The van der Waals surface area contributed by atoms with E-state index in [1.165, 1.54) is 19.2 Å². The summed E-state index contributed by atoms with van der Waals surface area (Å²) in [5, 5.41) is 8.88. The molecule has 6 heteroatoms. The molecule has 0 aliphatic carbocycles. The molecular formula is C12H12BrFN2O2. The van der Waals surface area contributed by atoms with E-state index in [-0.39, 0.29) is 12.4 Å². The fourth-order valence-corrected chi connectivity index (χ4v) is 2.20. The Morgan fingerprint density at radius 1 is 1.50 bits per heavy atom. The average Bonchev–Trinajstić information content (AvgIpc) is 2.70. The van der Waals surface area contributed by atoms with Gasteiger partial charge in [-0.2, -0.15) is 0 Å². The SMILES string of the molecule is COc1ccc(F)cc1-c1nc(CCO)[nH]c1Br. The van der Waals surface area contributed by atoms with Crippen molar-refractivity contribution < 1.29 is 14.2 Å². The third kappa shape index (κ3) is 2.54. The molecule has 0 aliphatic rings. The Hall–Kier alpha value is -1.40. The van der Waals surface area contributed by atoms with Crippen LogP contribution >= 0.6 is 15.9 Å². The number of methoxy groups -OCH3 is 1. The molecule has 0 fully saturated rings. The summed E-state index contributed by atoms with van der Waals surface area (Å²) in [4.78, 5) is 7.29. The summed E-state index contributed by atoms with van der Waals surface area (Å²) >= 11 is 3.33. The second kappa shape index (κ2) is 5.49. The highest BCUT2D eigenvalue weighted by Gasteiger charge is 2.15. The van der Waals surface area contributed by atoms with E-state index in [1.807, 2.05) is 0 Å². The number of nitrogens with zero attached hydrogens (tertiary/aromatic N) is 1. The predicted octanol–water partition coefficient (Wildman–Crippen LogP) is 2.52. The summed E-state index contributed by atoms with van der Waals surface area (Å²) in [5.74, 6) is 0.814. The number of aliphatic hydroxyl groups excluding tert-OH is 1. The first kappa shape index (κ1) is 13.0. The molecule has 2 rings (SSSR count). The van der Waals surface area contributed by atoms with Crippen LogP contribution in [0.25, 0.3) is 11.3 Å². The van der Waals surface area contributed by atoms with Gasteiger partial charge in [0.25, 0.3) is 0 Å². The number of imidazole rings is 1. The van der Waals surface area contributed by atoms with Gasteiger partial charge in [-0.25, -0.2) is 9.37 Å². The van der Waals surface area contributed by atoms with Crippen molar-refractivity contribution in [2.75, 3.05) is 13.7 Å². The summed E-state index contributed by atoms with van der Waals surface area (Å²) in [6, 6.07) is 4.25. The second-order valence-electron chi connectivity index (χ2n) is 3.66. The standard InChI is InChI=1S/C12H12BrFN2O2/c1-18-9-3-2-7(14)6-8(9)11-12(13)16-10(15-11)4-5-17/h2-3,6,17H,4-5H2,1H3,(H,15,16). The van der Waals surface area contributed by atoms with Crippen LogP contribution in [0.1, 0.15) is 5.82 Å². The van der Waals surface area contributed by atoms with Gasteiger partial charge in [-0.05, 0) is 34.1 Å². The van der Waals surface area contributed by atoms with Crippen molar-refractivity contribution in [3.8, 4) is 17.0 Å². The van der Waals surface area contributed by atoms with Gasteiger partial charge < -0.3 is 14.8 Å². The molecular weight excluding hydrogens is 303 g/mol. The summed E-state index contributed by atoms with van der Waals surface area (Å²) < 4.78 is 19.1. The third-order valence-corrected chi connectivity index (χ3v) is 3.05. The lowest BCUT2D eigenvalue weighted by Gasteiger charge is -2.06. The van der Waals surface area contributed by atoms with Gasteiger partial charge in [0.05, 0.1) is 13.7 Å². The minimum absolute atomic E-state index is 0.000318. The van der Waals surface area contributed by atoms with Crippen molar-refractivity contribution in [3.05, 3.63) is 34.4 Å². The molecule has 96 valence electrons. The van der Waals surface area contributed by atoms with E-state index in [0.717, 1.165) is 0 Å². The Morgan fingerprint density at radius 3 is 2.94 bits per heavy atom. The zero-order chi connectivity index (χ0) is 13.1. The molecule has 4 nitrogen and oxygen atoms in total. The minimum Gasteiger partial charge on any atom is -0.496 e. The van der Waals surface area contributed by atoms with E-state index >= 15 is 0 Å². The van der Waals surface area contributed by atoms with Crippen molar-refractivity contribution in [2.45, 2.75) is 6.42 Å². The number of benzene rings is 1. The molecule has 1 aromatic carbocycles. The van der Waals surface area contributed by atoms with E-state index < -0.39 is 0 Å². The van der Waals surface area contributed by atoms with Gasteiger partial charge in [0, 0.05) is 12.0 Å². The van der Waals surface area contributed by atoms with Gasteiger partial charge in [0.2, 0.25) is 0 Å². The van der Waals surface area contributed by atoms with Gasteiger partial charge in [-0.3, -0.25) is 0 Å². The average molecular weight is 315 g/mol. The maximum atomic E-state index is 13.3. The van der Waals surface area contributed by atoms with E-state index in [0.29, 0.717) is 33.9 Å².